The lowest BCUT2D eigenvalue weighted by molar-refractivity contribution is -0.385. The maximum atomic E-state index is 11.8. The van der Waals surface area contributed by atoms with Crippen molar-refractivity contribution < 1.29 is 9.72 Å². The molecule has 2 aromatic heterocycles. The first-order valence-corrected chi connectivity index (χ1v) is 7.88. The van der Waals surface area contributed by atoms with Gasteiger partial charge in [-0.3, -0.25) is 24.3 Å². The van der Waals surface area contributed by atoms with Crippen LogP contribution in [0.5, 0.6) is 0 Å². The maximum Gasteiger partial charge on any atom is 0.309 e. The van der Waals surface area contributed by atoms with Crippen molar-refractivity contribution in [2.75, 3.05) is 6.54 Å². The number of carbonyl (C=O) groups is 1. The number of hydrogen-bond acceptors (Lipinski definition) is 5. The fourth-order valence-corrected chi connectivity index (χ4v) is 2.39. The standard InChI is InChI=1S/C13H17BrN6O3/c1-10-12(20(22)23)8-17-19(10)6-3-13(21)15-4-2-5-18-9-11(14)7-16-18/h7-9H,2-6H2,1H3,(H,15,21). The Kier molecular flexibility index (Phi) is 5.85. The van der Waals surface area contributed by atoms with Gasteiger partial charge in [-0.15, -0.1) is 0 Å². The molecule has 0 saturated heterocycles. The van der Waals surface area contributed by atoms with Gasteiger partial charge >= 0.3 is 5.69 Å². The largest absolute Gasteiger partial charge is 0.356 e. The SMILES string of the molecule is Cc1c([N+](=O)[O-])cnn1CCC(=O)NCCCn1cc(Br)cn1. The molecule has 2 aromatic rings. The molecule has 0 aliphatic heterocycles. The first-order valence-electron chi connectivity index (χ1n) is 7.09. The van der Waals surface area contributed by atoms with Crippen LogP contribution in [0.25, 0.3) is 0 Å². The number of amides is 1. The van der Waals surface area contributed by atoms with E-state index in [1.165, 1.54) is 10.9 Å². The molecule has 124 valence electrons. The lowest BCUT2D eigenvalue weighted by Crippen LogP contribution is -2.26. The monoisotopic (exact) mass is 384 g/mol. The molecule has 0 saturated carbocycles. The molecular formula is C13H17BrN6O3. The molecule has 10 heteroatoms. The van der Waals surface area contributed by atoms with Crippen LogP contribution in [0.4, 0.5) is 5.69 Å². The van der Waals surface area contributed by atoms with E-state index in [9.17, 15) is 14.9 Å². The molecule has 0 spiro atoms. The zero-order valence-electron chi connectivity index (χ0n) is 12.6. The van der Waals surface area contributed by atoms with E-state index in [1.807, 2.05) is 6.20 Å². The van der Waals surface area contributed by atoms with Crippen molar-refractivity contribution in [3.8, 4) is 0 Å². The summed E-state index contributed by atoms with van der Waals surface area (Å²) in [4.78, 5) is 22.0. The quantitative estimate of drug-likeness (QED) is 0.422. The third-order valence-electron chi connectivity index (χ3n) is 3.31. The smallest absolute Gasteiger partial charge is 0.309 e. The lowest BCUT2D eigenvalue weighted by atomic mass is 10.3. The van der Waals surface area contributed by atoms with Gasteiger partial charge in [0.1, 0.15) is 11.9 Å². The Balaban J connectivity index is 1.68. The summed E-state index contributed by atoms with van der Waals surface area (Å²) in [5.74, 6) is -0.107. The van der Waals surface area contributed by atoms with Gasteiger partial charge in [0.25, 0.3) is 0 Å². The van der Waals surface area contributed by atoms with E-state index in [2.05, 4.69) is 31.4 Å². The first-order chi connectivity index (χ1) is 11.0. The highest BCUT2D eigenvalue weighted by atomic mass is 79.9. The molecule has 2 rings (SSSR count). The molecule has 1 N–H and O–H groups in total. The number of nitrogens with one attached hydrogen (secondary N) is 1. The average Bonchev–Trinajstić information content (AvgIpc) is 3.07. The second-order valence-corrected chi connectivity index (χ2v) is 5.89. The topological polar surface area (TPSA) is 108 Å². The number of carbonyl (C=O) groups excluding carboxylic acids is 1. The minimum absolute atomic E-state index is 0.0317. The maximum absolute atomic E-state index is 11.8. The third kappa shape index (κ3) is 4.88. The van der Waals surface area contributed by atoms with Gasteiger partial charge in [-0.1, -0.05) is 0 Å². The summed E-state index contributed by atoms with van der Waals surface area (Å²) in [5.41, 5.74) is 0.419. The molecule has 1 amide bonds. The van der Waals surface area contributed by atoms with Gasteiger partial charge in [0.05, 0.1) is 22.1 Å². The number of halogens is 1. The third-order valence-corrected chi connectivity index (χ3v) is 3.72. The van der Waals surface area contributed by atoms with Crippen LogP contribution in [-0.2, 0) is 17.9 Å². The summed E-state index contributed by atoms with van der Waals surface area (Å²) in [6.07, 6.45) is 5.79. The van der Waals surface area contributed by atoms with Gasteiger partial charge in [0.15, 0.2) is 0 Å². The first kappa shape index (κ1) is 17.1. The minimum atomic E-state index is -0.480. The highest BCUT2D eigenvalue weighted by molar-refractivity contribution is 9.10. The Morgan fingerprint density at radius 2 is 2.17 bits per heavy atom. The van der Waals surface area contributed by atoms with E-state index >= 15 is 0 Å². The summed E-state index contributed by atoms with van der Waals surface area (Å²) in [5, 5.41) is 21.6. The Hall–Kier alpha value is -2.23. The van der Waals surface area contributed by atoms with E-state index in [0.29, 0.717) is 18.8 Å². The summed E-state index contributed by atoms with van der Waals surface area (Å²) in [7, 11) is 0. The number of hydrogen-bond donors (Lipinski definition) is 1. The summed E-state index contributed by atoms with van der Waals surface area (Å²) < 4.78 is 4.19. The number of nitro groups is 1. The fraction of sp³-hybridized carbons (Fsp3) is 0.462. The minimum Gasteiger partial charge on any atom is -0.356 e. The van der Waals surface area contributed by atoms with Crippen LogP contribution in [0.3, 0.4) is 0 Å². The Bertz CT molecular complexity index is 696. The molecule has 0 aliphatic carbocycles. The van der Waals surface area contributed by atoms with Gasteiger partial charge in [0, 0.05) is 25.7 Å². The number of rotatable bonds is 8. The van der Waals surface area contributed by atoms with Gasteiger partial charge in [-0.25, -0.2) is 0 Å². The summed E-state index contributed by atoms with van der Waals surface area (Å²) >= 11 is 3.32. The van der Waals surface area contributed by atoms with E-state index in [4.69, 9.17) is 0 Å². The number of aromatic nitrogens is 4. The van der Waals surface area contributed by atoms with Gasteiger partial charge in [0.2, 0.25) is 5.91 Å². The molecule has 2 heterocycles. The highest BCUT2D eigenvalue weighted by Gasteiger charge is 2.16. The zero-order chi connectivity index (χ0) is 16.8. The molecule has 0 fully saturated rings. The van der Waals surface area contributed by atoms with E-state index in [-0.39, 0.29) is 18.0 Å². The van der Waals surface area contributed by atoms with Crippen molar-refractivity contribution in [2.24, 2.45) is 0 Å². The van der Waals surface area contributed by atoms with Crippen molar-refractivity contribution in [2.45, 2.75) is 32.9 Å². The molecule has 0 unspecified atom stereocenters. The van der Waals surface area contributed by atoms with Gasteiger partial charge in [-0.2, -0.15) is 10.2 Å². The van der Waals surface area contributed by atoms with Crippen LogP contribution < -0.4 is 5.32 Å². The van der Waals surface area contributed by atoms with Crippen molar-refractivity contribution in [1.29, 1.82) is 0 Å². The van der Waals surface area contributed by atoms with Gasteiger partial charge in [-0.05, 0) is 29.3 Å². The number of nitrogens with zero attached hydrogens (tertiary/aromatic N) is 5. The molecule has 0 bridgehead atoms. The van der Waals surface area contributed by atoms with Crippen LogP contribution in [0.2, 0.25) is 0 Å². The van der Waals surface area contributed by atoms with Crippen LogP contribution in [-0.4, -0.2) is 36.9 Å². The molecule has 23 heavy (non-hydrogen) atoms. The fourth-order valence-electron chi connectivity index (χ4n) is 2.07. The van der Waals surface area contributed by atoms with Crippen molar-refractivity contribution >= 4 is 27.5 Å². The molecule has 0 radical (unpaired) electrons. The lowest BCUT2D eigenvalue weighted by Gasteiger charge is -2.06. The Morgan fingerprint density at radius 1 is 1.39 bits per heavy atom. The predicted molar refractivity (Wildman–Crippen MR) is 85.8 cm³/mol. The molecule has 9 nitrogen and oxygen atoms in total. The summed E-state index contributed by atoms with van der Waals surface area (Å²) in [6, 6.07) is 0. The zero-order valence-corrected chi connectivity index (χ0v) is 14.2. The van der Waals surface area contributed by atoms with Crippen molar-refractivity contribution in [3.63, 3.8) is 0 Å². The Morgan fingerprint density at radius 3 is 2.78 bits per heavy atom. The van der Waals surface area contributed by atoms with E-state index < -0.39 is 4.92 Å². The second-order valence-electron chi connectivity index (χ2n) is 4.97. The van der Waals surface area contributed by atoms with Crippen LogP contribution in [0.1, 0.15) is 18.5 Å². The molecule has 0 aromatic carbocycles. The predicted octanol–water partition coefficient (Wildman–Crippen LogP) is 1.66. The van der Waals surface area contributed by atoms with Crippen molar-refractivity contribution in [1.82, 2.24) is 24.9 Å². The highest BCUT2D eigenvalue weighted by Crippen LogP contribution is 2.16. The normalized spacial score (nSPS) is 10.7. The summed E-state index contributed by atoms with van der Waals surface area (Å²) in [6.45, 7) is 3.20. The van der Waals surface area contributed by atoms with Gasteiger partial charge < -0.3 is 5.32 Å². The second kappa shape index (κ2) is 7.86. The van der Waals surface area contributed by atoms with E-state index in [0.717, 1.165) is 17.4 Å². The molecule has 0 atom stereocenters. The van der Waals surface area contributed by atoms with E-state index in [1.54, 1.807) is 17.8 Å². The molecular weight excluding hydrogens is 368 g/mol. The molecule has 0 aliphatic rings. The average molecular weight is 385 g/mol. The van der Waals surface area contributed by atoms with Crippen molar-refractivity contribution in [3.05, 3.63) is 38.9 Å². The van der Waals surface area contributed by atoms with Crippen LogP contribution in [0.15, 0.2) is 23.1 Å². The van der Waals surface area contributed by atoms with Crippen LogP contribution in [0, 0.1) is 17.0 Å². The Labute approximate surface area is 140 Å². The van der Waals surface area contributed by atoms with Crippen LogP contribution >= 0.6 is 15.9 Å². The number of aryl methyl sites for hydroxylation is 2.